The van der Waals surface area contributed by atoms with Crippen molar-refractivity contribution in [2.75, 3.05) is 12.4 Å². The SMILES string of the molecule is CNc1ncc(-c2ccn(Cc3ccccn3)n2)c2cc(C3(C(N)=O)CC3)ncc12. The van der Waals surface area contributed by atoms with Crippen molar-refractivity contribution in [2.24, 2.45) is 5.73 Å². The fourth-order valence-electron chi connectivity index (χ4n) is 3.80. The van der Waals surface area contributed by atoms with Crippen LogP contribution in [-0.4, -0.2) is 37.7 Å². The molecule has 1 fully saturated rings. The van der Waals surface area contributed by atoms with Gasteiger partial charge >= 0.3 is 0 Å². The van der Waals surface area contributed by atoms with Crippen LogP contribution in [0.3, 0.4) is 0 Å². The molecular weight excluding hydrogens is 378 g/mol. The summed E-state index contributed by atoms with van der Waals surface area (Å²) in [7, 11) is 1.82. The number of nitrogens with one attached hydrogen (secondary N) is 1. The van der Waals surface area contributed by atoms with Gasteiger partial charge in [-0.3, -0.25) is 19.4 Å². The van der Waals surface area contributed by atoms with Crippen LogP contribution >= 0.6 is 0 Å². The average molecular weight is 399 g/mol. The highest BCUT2D eigenvalue weighted by atomic mass is 16.1. The largest absolute Gasteiger partial charge is 0.373 e. The van der Waals surface area contributed by atoms with Gasteiger partial charge in [-0.2, -0.15) is 5.10 Å². The lowest BCUT2D eigenvalue weighted by Gasteiger charge is -2.14. The summed E-state index contributed by atoms with van der Waals surface area (Å²) in [6, 6.07) is 9.74. The summed E-state index contributed by atoms with van der Waals surface area (Å²) in [6.07, 6.45) is 8.73. The van der Waals surface area contributed by atoms with Gasteiger partial charge in [0.2, 0.25) is 5.91 Å². The van der Waals surface area contributed by atoms with Gasteiger partial charge in [0, 0.05) is 42.8 Å². The number of carbonyl (C=O) groups is 1. The number of aromatic nitrogens is 5. The van der Waals surface area contributed by atoms with E-state index < -0.39 is 5.41 Å². The lowest BCUT2D eigenvalue weighted by Crippen LogP contribution is -2.29. The van der Waals surface area contributed by atoms with Crippen LogP contribution in [-0.2, 0) is 16.8 Å². The maximum Gasteiger partial charge on any atom is 0.229 e. The molecule has 1 amide bonds. The van der Waals surface area contributed by atoms with Crippen LogP contribution in [0.4, 0.5) is 5.82 Å². The summed E-state index contributed by atoms with van der Waals surface area (Å²) < 4.78 is 1.85. The Morgan fingerprint density at radius 2 is 2.03 bits per heavy atom. The number of hydrogen-bond acceptors (Lipinski definition) is 6. The van der Waals surface area contributed by atoms with Crippen LogP contribution in [0, 0.1) is 0 Å². The number of primary amides is 1. The molecule has 3 N–H and O–H groups in total. The molecule has 0 bridgehead atoms. The lowest BCUT2D eigenvalue weighted by atomic mass is 9.97. The summed E-state index contributed by atoms with van der Waals surface area (Å²) in [5, 5.41) is 9.65. The van der Waals surface area contributed by atoms with Gasteiger partial charge in [-0.25, -0.2) is 4.98 Å². The number of nitrogens with zero attached hydrogens (tertiary/aromatic N) is 5. The molecule has 0 saturated heterocycles. The lowest BCUT2D eigenvalue weighted by molar-refractivity contribution is -0.120. The summed E-state index contributed by atoms with van der Waals surface area (Å²) in [5.74, 6) is 0.406. The summed E-state index contributed by atoms with van der Waals surface area (Å²) >= 11 is 0. The number of fused-ring (bicyclic) bond motifs is 1. The van der Waals surface area contributed by atoms with E-state index in [0.717, 1.165) is 46.4 Å². The molecule has 4 aromatic heterocycles. The first-order chi connectivity index (χ1) is 14.6. The molecule has 0 aliphatic heterocycles. The molecule has 1 aliphatic rings. The monoisotopic (exact) mass is 399 g/mol. The number of pyridine rings is 3. The third-order valence-electron chi connectivity index (χ3n) is 5.69. The molecule has 0 atom stereocenters. The predicted molar refractivity (Wildman–Crippen MR) is 114 cm³/mol. The summed E-state index contributed by atoms with van der Waals surface area (Å²) in [4.78, 5) is 25.5. The van der Waals surface area contributed by atoms with Gasteiger partial charge in [0.1, 0.15) is 5.82 Å². The second-order valence-electron chi connectivity index (χ2n) is 7.55. The van der Waals surface area contributed by atoms with Gasteiger partial charge in [0.15, 0.2) is 0 Å². The van der Waals surface area contributed by atoms with E-state index in [9.17, 15) is 4.79 Å². The van der Waals surface area contributed by atoms with E-state index >= 15 is 0 Å². The van der Waals surface area contributed by atoms with Crippen molar-refractivity contribution in [1.82, 2.24) is 24.7 Å². The maximum absolute atomic E-state index is 12.0. The minimum Gasteiger partial charge on any atom is -0.373 e. The van der Waals surface area contributed by atoms with Crippen molar-refractivity contribution in [1.29, 1.82) is 0 Å². The first-order valence-corrected chi connectivity index (χ1v) is 9.81. The molecule has 1 aliphatic carbocycles. The van der Waals surface area contributed by atoms with Gasteiger partial charge in [0.05, 0.1) is 29.0 Å². The van der Waals surface area contributed by atoms with Gasteiger partial charge < -0.3 is 11.1 Å². The molecular formula is C22H21N7O. The standard InChI is InChI=1S/C22H21N7O/c1-24-20-17-12-26-19(22(6-7-22)21(23)30)10-15(17)16(11-27-20)18-5-9-29(28-18)13-14-4-2-3-8-25-14/h2-5,8-12H,6-7,13H2,1H3,(H2,23,30)(H,24,27). The maximum atomic E-state index is 12.0. The van der Waals surface area contributed by atoms with Gasteiger partial charge in [0.25, 0.3) is 0 Å². The normalized spacial score (nSPS) is 14.6. The second-order valence-corrected chi connectivity index (χ2v) is 7.55. The van der Waals surface area contributed by atoms with Gasteiger partial charge in [-0.15, -0.1) is 0 Å². The van der Waals surface area contributed by atoms with E-state index in [0.29, 0.717) is 12.2 Å². The molecule has 0 aromatic carbocycles. The van der Waals surface area contributed by atoms with Crippen LogP contribution in [0.2, 0.25) is 0 Å². The first-order valence-electron chi connectivity index (χ1n) is 9.81. The third-order valence-corrected chi connectivity index (χ3v) is 5.69. The molecule has 5 rings (SSSR count). The highest BCUT2D eigenvalue weighted by molar-refractivity contribution is 6.01. The van der Waals surface area contributed by atoms with Crippen molar-refractivity contribution in [2.45, 2.75) is 24.8 Å². The quantitative estimate of drug-likeness (QED) is 0.515. The zero-order chi connectivity index (χ0) is 20.7. The molecule has 4 heterocycles. The molecule has 4 aromatic rings. The Bertz CT molecular complexity index is 1250. The molecule has 0 unspecified atom stereocenters. The van der Waals surface area contributed by atoms with Crippen LogP contribution in [0.15, 0.2) is 55.1 Å². The zero-order valence-corrected chi connectivity index (χ0v) is 16.5. The number of nitrogens with two attached hydrogens (primary N) is 1. The average Bonchev–Trinajstić information content (AvgIpc) is 3.47. The van der Waals surface area contributed by atoms with Crippen molar-refractivity contribution >= 4 is 22.5 Å². The van der Waals surface area contributed by atoms with E-state index in [-0.39, 0.29) is 5.91 Å². The molecule has 8 heteroatoms. The number of rotatable bonds is 6. The Morgan fingerprint density at radius 1 is 1.17 bits per heavy atom. The van der Waals surface area contributed by atoms with Crippen LogP contribution in [0.1, 0.15) is 24.2 Å². The topological polar surface area (TPSA) is 112 Å². The van der Waals surface area contributed by atoms with Crippen molar-refractivity contribution in [3.8, 4) is 11.3 Å². The number of hydrogen-bond donors (Lipinski definition) is 2. The van der Waals surface area contributed by atoms with E-state index in [1.54, 1.807) is 18.6 Å². The predicted octanol–water partition coefficient (Wildman–Crippen LogP) is 2.50. The van der Waals surface area contributed by atoms with Gasteiger partial charge in [-0.05, 0) is 42.5 Å². The minimum atomic E-state index is -0.646. The summed E-state index contributed by atoms with van der Waals surface area (Å²) in [5.41, 5.74) is 8.35. The van der Waals surface area contributed by atoms with Crippen molar-refractivity contribution < 1.29 is 4.79 Å². The highest BCUT2D eigenvalue weighted by Gasteiger charge is 2.51. The number of amides is 1. The van der Waals surface area contributed by atoms with Crippen molar-refractivity contribution in [3.05, 3.63) is 66.5 Å². The zero-order valence-electron chi connectivity index (χ0n) is 16.5. The van der Waals surface area contributed by atoms with E-state index in [1.165, 1.54) is 0 Å². The molecule has 150 valence electrons. The number of carbonyl (C=O) groups excluding carboxylic acids is 1. The Labute approximate surface area is 173 Å². The Balaban J connectivity index is 1.60. The Morgan fingerprint density at radius 3 is 2.73 bits per heavy atom. The van der Waals surface area contributed by atoms with Crippen LogP contribution in [0.25, 0.3) is 22.0 Å². The van der Waals surface area contributed by atoms with Crippen molar-refractivity contribution in [3.63, 3.8) is 0 Å². The molecule has 8 nitrogen and oxygen atoms in total. The van der Waals surface area contributed by atoms with E-state index in [2.05, 4.69) is 20.3 Å². The first kappa shape index (κ1) is 18.2. The van der Waals surface area contributed by atoms with E-state index in [4.69, 9.17) is 10.8 Å². The number of anilines is 1. The minimum absolute atomic E-state index is 0.321. The highest BCUT2D eigenvalue weighted by Crippen LogP contribution is 2.48. The van der Waals surface area contributed by atoms with E-state index in [1.807, 2.05) is 48.3 Å². The summed E-state index contributed by atoms with van der Waals surface area (Å²) in [6.45, 7) is 0.582. The third kappa shape index (κ3) is 2.97. The Hall–Kier alpha value is -3.81. The van der Waals surface area contributed by atoms with Crippen LogP contribution < -0.4 is 11.1 Å². The molecule has 30 heavy (non-hydrogen) atoms. The molecule has 0 spiro atoms. The Kier molecular flexibility index (Phi) is 4.20. The fraction of sp³-hybridized carbons (Fsp3) is 0.227. The molecule has 1 saturated carbocycles. The fourth-order valence-corrected chi connectivity index (χ4v) is 3.80. The smallest absolute Gasteiger partial charge is 0.229 e. The van der Waals surface area contributed by atoms with Crippen LogP contribution in [0.5, 0.6) is 0 Å². The second kappa shape index (κ2) is 6.91. The molecule has 0 radical (unpaired) electrons. The van der Waals surface area contributed by atoms with Gasteiger partial charge in [-0.1, -0.05) is 6.07 Å².